The number of hydrogen-bond acceptors (Lipinski definition) is 6. The van der Waals surface area contributed by atoms with Crippen LogP contribution in [0.3, 0.4) is 0 Å². The average Bonchev–Trinajstić information content (AvgIpc) is 2.22. The zero-order valence-electron chi connectivity index (χ0n) is 9.23. The first kappa shape index (κ1) is 14.1. The Bertz CT molecular complexity index is 295. The van der Waals surface area contributed by atoms with Crippen LogP contribution in [0.15, 0.2) is 0 Å². The number of hydrogen-bond donors (Lipinski definition) is 1. The van der Waals surface area contributed by atoms with Crippen LogP contribution in [0.5, 0.6) is 0 Å². The largest absolute Gasteiger partial charge is 0.467 e. The number of amides is 1. The Morgan fingerprint density at radius 1 is 1.06 bits per heavy atom. The second-order valence-electron chi connectivity index (χ2n) is 2.93. The number of nitrogens with one attached hydrogen (secondary N) is 1. The van der Waals surface area contributed by atoms with Gasteiger partial charge >= 0.3 is 11.9 Å². The zero-order chi connectivity index (χ0) is 12.7. The van der Waals surface area contributed by atoms with Crippen molar-refractivity contribution in [1.82, 2.24) is 5.32 Å². The molecule has 90 valence electrons. The van der Waals surface area contributed by atoms with Crippen molar-refractivity contribution in [2.45, 2.75) is 19.4 Å². The Labute approximate surface area is 92.1 Å². The van der Waals surface area contributed by atoms with Gasteiger partial charge < -0.3 is 14.8 Å². The molecule has 0 saturated carbocycles. The highest BCUT2D eigenvalue weighted by Gasteiger charge is 2.30. The fourth-order valence-corrected chi connectivity index (χ4v) is 0.888. The maximum Gasteiger partial charge on any atom is 0.340 e. The molecule has 0 atom stereocenters. The van der Waals surface area contributed by atoms with Gasteiger partial charge in [-0.3, -0.25) is 9.59 Å². The van der Waals surface area contributed by atoms with Crippen LogP contribution in [0.2, 0.25) is 0 Å². The summed E-state index contributed by atoms with van der Waals surface area (Å²) < 4.78 is 8.60. The van der Waals surface area contributed by atoms with Crippen LogP contribution < -0.4 is 5.32 Å². The summed E-state index contributed by atoms with van der Waals surface area (Å²) in [5.74, 6) is -3.04. The van der Waals surface area contributed by atoms with Gasteiger partial charge in [-0.1, -0.05) is 0 Å². The highest BCUT2D eigenvalue weighted by Crippen LogP contribution is 1.94. The van der Waals surface area contributed by atoms with E-state index in [1.807, 2.05) is 5.32 Å². The van der Waals surface area contributed by atoms with Gasteiger partial charge in [0.1, 0.15) is 5.78 Å². The molecule has 7 nitrogen and oxygen atoms in total. The van der Waals surface area contributed by atoms with Crippen molar-refractivity contribution < 1.29 is 28.7 Å². The van der Waals surface area contributed by atoms with Gasteiger partial charge in [0.05, 0.1) is 20.6 Å². The third-order valence-electron chi connectivity index (χ3n) is 1.59. The number of carbonyl (C=O) groups is 4. The van der Waals surface area contributed by atoms with E-state index in [1.54, 1.807) is 0 Å². The molecule has 1 amide bonds. The van der Waals surface area contributed by atoms with E-state index < -0.39 is 30.3 Å². The van der Waals surface area contributed by atoms with Crippen LogP contribution >= 0.6 is 0 Å². The number of carbonyl (C=O) groups excluding carboxylic acids is 4. The van der Waals surface area contributed by atoms with Gasteiger partial charge in [-0.2, -0.15) is 0 Å². The van der Waals surface area contributed by atoms with E-state index in [-0.39, 0.29) is 5.78 Å². The van der Waals surface area contributed by atoms with Crippen molar-refractivity contribution in [1.29, 1.82) is 0 Å². The molecule has 0 unspecified atom stereocenters. The maximum atomic E-state index is 11.2. The summed E-state index contributed by atoms with van der Waals surface area (Å²) in [5.41, 5.74) is 0. The molecule has 1 N–H and O–H groups in total. The molecule has 7 heteroatoms. The van der Waals surface area contributed by atoms with Crippen molar-refractivity contribution >= 4 is 23.6 Å². The van der Waals surface area contributed by atoms with E-state index >= 15 is 0 Å². The molecule has 0 radical (unpaired) electrons. The summed E-state index contributed by atoms with van der Waals surface area (Å²) in [6, 6.07) is -1.54. The van der Waals surface area contributed by atoms with Gasteiger partial charge in [0, 0.05) is 0 Å². The Morgan fingerprint density at radius 2 is 1.50 bits per heavy atom. The number of methoxy groups -OCH3 is 2. The monoisotopic (exact) mass is 231 g/mol. The number of ether oxygens (including phenoxy) is 2. The number of ketones is 1. The van der Waals surface area contributed by atoms with E-state index in [9.17, 15) is 19.2 Å². The predicted molar refractivity (Wildman–Crippen MR) is 51.3 cm³/mol. The average molecular weight is 231 g/mol. The molecule has 0 heterocycles. The van der Waals surface area contributed by atoms with Gasteiger partial charge in [0.2, 0.25) is 11.9 Å². The summed E-state index contributed by atoms with van der Waals surface area (Å²) >= 11 is 0. The summed E-state index contributed by atoms with van der Waals surface area (Å²) in [7, 11) is 2.13. The standard InChI is InChI=1S/C9H13NO6/c1-5(11)4-6(12)10-7(8(13)15-2)9(14)16-3/h7H,4H2,1-3H3,(H,10,12). The van der Waals surface area contributed by atoms with Gasteiger partial charge in [-0.25, -0.2) is 9.59 Å². The van der Waals surface area contributed by atoms with Crippen LogP contribution in [0, 0.1) is 0 Å². The van der Waals surface area contributed by atoms with E-state index in [1.165, 1.54) is 6.92 Å². The minimum Gasteiger partial charge on any atom is -0.467 e. The van der Waals surface area contributed by atoms with Crippen LogP contribution in [-0.4, -0.2) is 43.9 Å². The van der Waals surface area contributed by atoms with E-state index in [2.05, 4.69) is 9.47 Å². The maximum absolute atomic E-state index is 11.2. The van der Waals surface area contributed by atoms with Gasteiger partial charge in [-0.05, 0) is 6.92 Å². The Kier molecular flexibility index (Phi) is 5.76. The highest BCUT2D eigenvalue weighted by molar-refractivity contribution is 6.05. The minimum atomic E-state index is -1.54. The normalized spacial score (nSPS) is 9.50. The second-order valence-corrected chi connectivity index (χ2v) is 2.93. The first-order chi connectivity index (χ1) is 7.42. The lowest BCUT2D eigenvalue weighted by Gasteiger charge is -2.13. The minimum absolute atomic E-state index is 0.383. The van der Waals surface area contributed by atoms with Crippen molar-refractivity contribution in [3.8, 4) is 0 Å². The molecule has 0 fully saturated rings. The summed E-state index contributed by atoms with van der Waals surface area (Å²) in [4.78, 5) is 44.0. The molecule has 0 saturated heterocycles. The molecule has 16 heavy (non-hydrogen) atoms. The summed E-state index contributed by atoms with van der Waals surface area (Å²) in [5, 5.41) is 2.04. The fraction of sp³-hybridized carbons (Fsp3) is 0.556. The number of Topliss-reactive ketones (excluding diaryl/α,β-unsaturated/α-hetero) is 1. The first-order valence-corrected chi connectivity index (χ1v) is 4.36. The molecule has 0 aromatic rings. The van der Waals surface area contributed by atoms with Crippen molar-refractivity contribution in [2.75, 3.05) is 14.2 Å². The topological polar surface area (TPSA) is 98.8 Å². The van der Waals surface area contributed by atoms with E-state index in [0.29, 0.717) is 0 Å². The Hall–Kier alpha value is -1.92. The lowest BCUT2D eigenvalue weighted by Crippen LogP contribution is -2.48. The molecular formula is C9H13NO6. The molecule has 0 spiro atoms. The molecule has 0 aliphatic heterocycles. The third-order valence-corrected chi connectivity index (χ3v) is 1.59. The van der Waals surface area contributed by atoms with Gasteiger partial charge in [0.25, 0.3) is 0 Å². The Balaban J connectivity index is 4.55. The predicted octanol–water partition coefficient (Wildman–Crippen LogP) is -1.20. The summed E-state index contributed by atoms with van der Waals surface area (Å²) in [6.45, 7) is 1.21. The van der Waals surface area contributed by atoms with Gasteiger partial charge in [-0.15, -0.1) is 0 Å². The summed E-state index contributed by atoms with van der Waals surface area (Å²) in [6.07, 6.45) is -0.412. The van der Waals surface area contributed by atoms with Crippen LogP contribution in [0.1, 0.15) is 13.3 Å². The fourth-order valence-electron chi connectivity index (χ4n) is 0.888. The van der Waals surface area contributed by atoms with Crippen LogP contribution in [-0.2, 0) is 28.7 Å². The first-order valence-electron chi connectivity index (χ1n) is 4.36. The molecule has 0 aliphatic carbocycles. The van der Waals surface area contributed by atoms with Crippen molar-refractivity contribution in [2.24, 2.45) is 0 Å². The van der Waals surface area contributed by atoms with Gasteiger partial charge in [0.15, 0.2) is 0 Å². The zero-order valence-corrected chi connectivity index (χ0v) is 9.23. The van der Waals surface area contributed by atoms with Crippen molar-refractivity contribution in [3.05, 3.63) is 0 Å². The van der Waals surface area contributed by atoms with Crippen molar-refractivity contribution in [3.63, 3.8) is 0 Å². The molecular weight excluding hydrogens is 218 g/mol. The molecule has 0 rings (SSSR count). The van der Waals surface area contributed by atoms with Crippen LogP contribution in [0.25, 0.3) is 0 Å². The molecule has 0 aromatic heterocycles. The Morgan fingerprint density at radius 3 is 1.81 bits per heavy atom. The highest BCUT2D eigenvalue weighted by atomic mass is 16.5. The number of esters is 2. The third kappa shape index (κ3) is 4.54. The number of rotatable bonds is 5. The lowest BCUT2D eigenvalue weighted by atomic mass is 10.2. The van der Waals surface area contributed by atoms with E-state index in [4.69, 9.17) is 0 Å². The smallest absolute Gasteiger partial charge is 0.340 e. The van der Waals surface area contributed by atoms with E-state index in [0.717, 1.165) is 14.2 Å². The SMILES string of the molecule is COC(=O)C(NC(=O)CC(C)=O)C(=O)OC. The lowest BCUT2D eigenvalue weighted by molar-refractivity contribution is -0.157. The molecule has 0 aliphatic rings. The second kappa shape index (κ2) is 6.54. The van der Waals surface area contributed by atoms with Crippen LogP contribution in [0.4, 0.5) is 0 Å². The molecule has 0 bridgehead atoms. The molecule has 0 aromatic carbocycles. The quantitative estimate of drug-likeness (QED) is 0.471.